The van der Waals surface area contributed by atoms with Crippen LogP contribution in [0.1, 0.15) is 33.8 Å². The van der Waals surface area contributed by atoms with E-state index < -0.39 is 29.8 Å². The third-order valence-corrected chi connectivity index (χ3v) is 7.94. The molecular formula is C34H33FN4O7. The molecule has 46 heavy (non-hydrogen) atoms. The van der Waals surface area contributed by atoms with Crippen molar-refractivity contribution in [1.29, 1.82) is 0 Å². The molecule has 1 aromatic heterocycles. The lowest BCUT2D eigenvalue weighted by Gasteiger charge is -2.39. The Balaban J connectivity index is 1.23. The average molecular weight is 629 g/mol. The molecular weight excluding hydrogens is 595 g/mol. The molecule has 0 unspecified atom stereocenters. The van der Waals surface area contributed by atoms with Gasteiger partial charge in [0.15, 0.2) is 18.1 Å². The summed E-state index contributed by atoms with van der Waals surface area (Å²) in [5.74, 6) is 0.182. The summed E-state index contributed by atoms with van der Waals surface area (Å²) in [5, 5.41) is 5.70. The Morgan fingerprint density at radius 1 is 1.09 bits per heavy atom. The number of carbonyl (C=O) groups excluding carboxylic acids is 3. The minimum atomic E-state index is -0.639. The molecule has 2 aliphatic heterocycles. The smallest absolute Gasteiger partial charge is 0.258 e. The van der Waals surface area contributed by atoms with Crippen molar-refractivity contribution in [2.24, 2.45) is 0 Å². The Kier molecular flexibility index (Phi) is 8.86. The highest BCUT2D eigenvalue weighted by molar-refractivity contribution is 5.95. The van der Waals surface area contributed by atoms with Crippen LogP contribution in [0.2, 0.25) is 0 Å². The summed E-state index contributed by atoms with van der Waals surface area (Å²) < 4.78 is 37.8. The Bertz CT molecular complexity index is 1760. The predicted octanol–water partition coefficient (Wildman–Crippen LogP) is 3.83. The van der Waals surface area contributed by atoms with E-state index in [1.54, 1.807) is 30.0 Å². The number of rotatable bonds is 4. The fourth-order valence-electron chi connectivity index (χ4n) is 5.56. The van der Waals surface area contributed by atoms with Crippen molar-refractivity contribution in [2.45, 2.75) is 38.5 Å². The summed E-state index contributed by atoms with van der Waals surface area (Å²) in [6.45, 7) is 1.93. The number of hydrogen-bond donors (Lipinski definition) is 2. The van der Waals surface area contributed by atoms with Crippen LogP contribution in [0.15, 0.2) is 71.1 Å². The van der Waals surface area contributed by atoms with Gasteiger partial charge in [0.25, 0.3) is 11.8 Å². The molecule has 4 aromatic rings. The second-order valence-electron chi connectivity index (χ2n) is 11.2. The van der Waals surface area contributed by atoms with E-state index in [1.807, 2.05) is 30.3 Å². The van der Waals surface area contributed by atoms with Gasteiger partial charge in [-0.1, -0.05) is 18.2 Å². The number of fused-ring (bicyclic) bond motifs is 5. The highest BCUT2D eigenvalue weighted by Crippen LogP contribution is 2.29. The Morgan fingerprint density at radius 2 is 1.91 bits per heavy atom. The fourth-order valence-corrected chi connectivity index (χ4v) is 5.56. The molecule has 1 saturated heterocycles. The lowest BCUT2D eigenvalue weighted by Crippen LogP contribution is -2.58. The average Bonchev–Trinajstić information content (AvgIpc) is 3.42. The third kappa shape index (κ3) is 6.96. The number of ether oxygens (including phenoxy) is 3. The van der Waals surface area contributed by atoms with Gasteiger partial charge in [-0.25, -0.2) is 9.37 Å². The van der Waals surface area contributed by atoms with Crippen molar-refractivity contribution in [3.63, 3.8) is 0 Å². The van der Waals surface area contributed by atoms with E-state index >= 15 is 0 Å². The minimum absolute atomic E-state index is 0.0204. The molecule has 3 aromatic carbocycles. The number of hydrogen-bond acceptors (Lipinski definition) is 8. The number of piperidine rings is 1. The molecule has 238 valence electrons. The number of likely N-dealkylation sites (tertiary alicyclic amines) is 1. The molecule has 2 aliphatic rings. The van der Waals surface area contributed by atoms with Crippen LogP contribution in [-0.2, 0) is 22.6 Å². The first-order valence-electron chi connectivity index (χ1n) is 14.9. The van der Waals surface area contributed by atoms with E-state index in [2.05, 4.69) is 15.6 Å². The van der Waals surface area contributed by atoms with Gasteiger partial charge in [0.05, 0.1) is 25.3 Å². The van der Waals surface area contributed by atoms with Crippen molar-refractivity contribution in [2.75, 3.05) is 26.8 Å². The number of aromatic nitrogens is 1. The van der Waals surface area contributed by atoms with Crippen LogP contribution in [-0.4, -0.2) is 66.6 Å². The van der Waals surface area contributed by atoms with Crippen LogP contribution in [0.4, 0.5) is 4.39 Å². The van der Waals surface area contributed by atoms with Crippen LogP contribution in [0.25, 0.3) is 11.5 Å². The Labute approximate surface area is 264 Å². The number of halogens is 1. The van der Waals surface area contributed by atoms with Gasteiger partial charge in [0, 0.05) is 43.2 Å². The quantitative estimate of drug-likeness (QED) is 0.349. The maximum atomic E-state index is 14.6. The van der Waals surface area contributed by atoms with Crippen molar-refractivity contribution in [1.82, 2.24) is 20.5 Å². The van der Waals surface area contributed by atoms with Crippen LogP contribution in [0, 0.1) is 12.7 Å². The molecule has 11 nitrogen and oxygen atoms in total. The summed E-state index contributed by atoms with van der Waals surface area (Å²) in [6, 6.07) is 17.6. The highest BCUT2D eigenvalue weighted by Gasteiger charge is 2.35. The number of nitrogens with zero attached hydrogens (tertiary/aromatic N) is 2. The van der Waals surface area contributed by atoms with Crippen molar-refractivity contribution >= 4 is 17.7 Å². The number of benzene rings is 3. The molecule has 0 radical (unpaired) electrons. The number of oxazole rings is 1. The predicted molar refractivity (Wildman–Crippen MR) is 164 cm³/mol. The van der Waals surface area contributed by atoms with Crippen LogP contribution in [0.3, 0.4) is 0 Å². The molecule has 0 aliphatic carbocycles. The van der Waals surface area contributed by atoms with Crippen LogP contribution < -0.4 is 24.8 Å². The van der Waals surface area contributed by atoms with Gasteiger partial charge < -0.3 is 34.2 Å². The van der Waals surface area contributed by atoms with Crippen LogP contribution >= 0.6 is 0 Å². The minimum Gasteiger partial charge on any atom is -0.493 e. The van der Waals surface area contributed by atoms with Gasteiger partial charge in [-0.3, -0.25) is 14.4 Å². The molecule has 6 rings (SSSR count). The van der Waals surface area contributed by atoms with Crippen LogP contribution in [0.5, 0.6) is 17.2 Å². The maximum Gasteiger partial charge on any atom is 0.258 e. The van der Waals surface area contributed by atoms with Crippen molar-refractivity contribution in [3.05, 3.63) is 95.1 Å². The molecule has 0 spiro atoms. The lowest BCUT2D eigenvalue weighted by molar-refractivity contribution is -0.135. The van der Waals surface area contributed by atoms with Gasteiger partial charge in [-0.05, 0) is 55.0 Å². The lowest BCUT2D eigenvalue weighted by atomic mass is 10.0. The third-order valence-electron chi connectivity index (χ3n) is 7.94. The summed E-state index contributed by atoms with van der Waals surface area (Å²) in [6.07, 6.45) is -0.197. The van der Waals surface area contributed by atoms with E-state index in [4.69, 9.17) is 18.6 Å². The summed E-state index contributed by atoms with van der Waals surface area (Å²) in [5.41, 5.74) is 2.11. The summed E-state index contributed by atoms with van der Waals surface area (Å²) >= 11 is 0. The van der Waals surface area contributed by atoms with E-state index in [9.17, 15) is 18.8 Å². The van der Waals surface area contributed by atoms with E-state index in [0.29, 0.717) is 41.6 Å². The number of aryl methyl sites for hydroxylation is 1. The molecule has 1 fully saturated rings. The molecule has 12 heteroatoms. The topological polar surface area (TPSA) is 132 Å². The summed E-state index contributed by atoms with van der Waals surface area (Å²) in [7, 11) is 1.45. The summed E-state index contributed by atoms with van der Waals surface area (Å²) in [4.78, 5) is 45.7. The molecule has 3 heterocycles. The first-order chi connectivity index (χ1) is 22.2. The monoisotopic (exact) mass is 628 g/mol. The van der Waals surface area contributed by atoms with Crippen molar-refractivity contribution in [3.8, 4) is 28.7 Å². The second-order valence-corrected chi connectivity index (χ2v) is 11.2. The largest absolute Gasteiger partial charge is 0.493 e. The number of amides is 3. The maximum absolute atomic E-state index is 14.6. The van der Waals surface area contributed by atoms with E-state index in [0.717, 1.165) is 5.56 Å². The Hall–Kier alpha value is -5.39. The zero-order valence-electron chi connectivity index (χ0n) is 25.4. The molecule has 3 amide bonds. The van der Waals surface area contributed by atoms with Crippen molar-refractivity contribution < 1.29 is 37.4 Å². The zero-order chi connectivity index (χ0) is 32.2. The normalized spacial score (nSPS) is 18.4. The van der Waals surface area contributed by atoms with Gasteiger partial charge in [-0.2, -0.15) is 0 Å². The standard InChI is InChI=1S/C34H33FN4O7/c1-20-26(38-34(45-20)22-6-4-3-5-7-22)16-32(41)39-11-10-28-27(18-39)37-31(40)19-44-30-14-23(8-9-29(30)43-2)33(42)36-17-21-12-24(35)15-25(13-21)46-28/h3-9,12-15,27-28H,10-11,16-19H2,1-2H3,(H,36,42)(H,37,40)/t27-,28+/m1/s1. The first-order valence-corrected chi connectivity index (χ1v) is 14.9. The number of methoxy groups -OCH3 is 1. The number of carbonyl (C=O) groups is 3. The highest BCUT2D eigenvalue weighted by atomic mass is 19.1. The molecule has 4 bridgehead atoms. The Morgan fingerprint density at radius 3 is 2.72 bits per heavy atom. The zero-order valence-corrected chi connectivity index (χ0v) is 25.4. The van der Waals surface area contributed by atoms with Gasteiger partial charge in [0.2, 0.25) is 11.8 Å². The molecule has 0 saturated carbocycles. The number of nitrogens with one attached hydrogen (secondary N) is 2. The molecule has 2 atom stereocenters. The first kappa shape index (κ1) is 30.6. The van der Waals surface area contributed by atoms with E-state index in [-0.39, 0.29) is 49.1 Å². The van der Waals surface area contributed by atoms with Gasteiger partial charge in [0.1, 0.15) is 23.4 Å². The van der Waals surface area contributed by atoms with Gasteiger partial charge in [-0.15, -0.1) is 0 Å². The SMILES string of the molecule is COc1ccc2cc1OCC(=O)N[C@@H]1CN(C(=O)Cc3nc(-c4ccccc4)oc3C)CC[C@@H]1Oc1cc(F)cc(c1)CNC2=O. The van der Waals surface area contributed by atoms with E-state index in [1.165, 1.54) is 25.3 Å². The van der Waals surface area contributed by atoms with Gasteiger partial charge >= 0.3 is 0 Å². The fraction of sp³-hybridized carbons (Fsp3) is 0.294. The molecule has 2 N–H and O–H groups in total. The second kappa shape index (κ2) is 13.3.